The number of fused-ring (bicyclic) bond motifs is 2. The first kappa shape index (κ1) is 16.6. The molecule has 0 aliphatic carbocycles. The van der Waals surface area contributed by atoms with Crippen molar-refractivity contribution >= 4 is 21.8 Å². The van der Waals surface area contributed by atoms with Gasteiger partial charge in [-0.2, -0.15) is 0 Å². The zero-order valence-corrected chi connectivity index (χ0v) is 15.2. The van der Waals surface area contributed by atoms with Crippen LogP contribution < -0.4 is 4.74 Å². The van der Waals surface area contributed by atoms with Gasteiger partial charge < -0.3 is 9.30 Å². The van der Waals surface area contributed by atoms with E-state index in [-0.39, 0.29) is 0 Å². The number of nitrogens with zero attached hydrogens (tertiary/aromatic N) is 2. The lowest BCUT2D eigenvalue weighted by Crippen LogP contribution is -2.07. The maximum atomic E-state index is 6.20. The summed E-state index contributed by atoms with van der Waals surface area (Å²) in [5.74, 6) is 1.91. The van der Waals surface area contributed by atoms with Gasteiger partial charge in [-0.15, -0.1) is 0 Å². The second-order valence-electron chi connectivity index (χ2n) is 6.64. The molecule has 3 aromatic carbocycles. The molecule has 0 amide bonds. The molecule has 0 spiro atoms. The average Bonchev–Trinajstić information content (AvgIpc) is 3.04. The highest BCUT2D eigenvalue weighted by molar-refractivity contribution is 5.88. The molecule has 0 saturated heterocycles. The van der Waals surface area contributed by atoms with Crippen molar-refractivity contribution < 1.29 is 4.74 Å². The number of aromatic nitrogens is 2. The van der Waals surface area contributed by atoms with Crippen LogP contribution >= 0.6 is 0 Å². The van der Waals surface area contributed by atoms with Gasteiger partial charge in [-0.1, -0.05) is 68.3 Å². The molecular weight excluding hydrogens is 320 g/mol. The van der Waals surface area contributed by atoms with E-state index < -0.39 is 0 Å². The van der Waals surface area contributed by atoms with Gasteiger partial charge in [0.25, 0.3) is 0 Å². The molecule has 26 heavy (non-hydrogen) atoms. The number of hydrogen-bond donors (Lipinski definition) is 0. The summed E-state index contributed by atoms with van der Waals surface area (Å²) < 4.78 is 8.51. The fourth-order valence-electron chi connectivity index (χ4n) is 3.47. The lowest BCUT2D eigenvalue weighted by Gasteiger charge is -2.12. The van der Waals surface area contributed by atoms with E-state index in [1.165, 1.54) is 23.7 Å². The highest BCUT2D eigenvalue weighted by Gasteiger charge is 2.11. The van der Waals surface area contributed by atoms with Gasteiger partial charge >= 0.3 is 0 Å². The third-order valence-electron chi connectivity index (χ3n) is 4.83. The molecule has 1 heterocycles. The average molecular weight is 344 g/mol. The van der Waals surface area contributed by atoms with Crippen LogP contribution in [0.3, 0.4) is 0 Å². The standard InChI is InChI=1S/C23H24N2O/c1-2-3-8-16-25-21-14-7-6-13-20(21)24-23(25)17-26-22-15-9-11-18-10-4-5-12-19(18)22/h4-7,9-15H,2-3,8,16-17H2,1H3. The predicted molar refractivity (Wildman–Crippen MR) is 108 cm³/mol. The Kier molecular flexibility index (Phi) is 4.87. The van der Waals surface area contributed by atoms with Crippen LogP contribution in [0.25, 0.3) is 21.8 Å². The number of aryl methyl sites for hydroxylation is 1. The van der Waals surface area contributed by atoms with Crippen molar-refractivity contribution in [1.82, 2.24) is 9.55 Å². The van der Waals surface area contributed by atoms with E-state index in [1.807, 2.05) is 18.2 Å². The number of rotatable bonds is 7. The van der Waals surface area contributed by atoms with Crippen molar-refractivity contribution in [3.8, 4) is 5.75 Å². The fourth-order valence-corrected chi connectivity index (χ4v) is 3.47. The summed E-state index contributed by atoms with van der Waals surface area (Å²) in [6.07, 6.45) is 3.61. The third-order valence-corrected chi connectivity index (χ3v) is 4.83. The molecule has 3 heteroatoms. The van der Waals surface area contributed by atoms with Gasteiger partial charge in [-0.25, -0.2) is 4.98 Å². The predicted octanol–water partition coefficient (Wildman–Crippen LogP) is 5.96. The summed E-state index contributed by atoms with van der Waals surface area (Å²) in [5.41, 5.74) is 2.24. The summed E-state index contributed by atoms with van der Waals surface area (Å²) in [4.78, 5) is 4.82. The monoisotopic (exact) mass is 344 g/mol. The van der Waals surface area contributed by atoms with Crippen molar-refractivity contribution in [2.45, 2.75) is 39.3 Å². The molecule has 4 aromatic rings. The highest BCUT2D eigenvalue weighted by Crippen LogP contribution is 2.26. The molecule has 0 unspecified atom stereocenters. The summed E-state index contributed by atoms with van der Waals surface area (Å²) >= 11 is 0. The summed E-state index contributed by atoms with van der Waals surface area (Å²) in [6.45, 7) is 3.70. The van der Waals surface area contributed by atoms with Gasteiger partial charge in [0.1, 0.15) is 18.2 Å². The van der Waals surface area contributed by atoms with Crippen LogP contribution in [0.1, 0.15) is 32.0 Å². The minimum Gasteiger partial charge on any atom is -0.485 e. The van der Waals surface area contributed by atoms with Gasteiger partial charge in [-0.05, 0) is 30.0 Å². The van der Waals surface area contributed by atoms with Crippen LogP contribution in [-0.2, 0) is 13.2 Å². The molecule has 0 N–H and O–H groups in total. The van der Waals surface area contributed by atoms with Gasteiger partial charge in [0.05, 0.1) is 11.0 Å². The van der Waals surface area contributed by atoms with Crippen LogP contribution in [0.4, 0.5) is 0 Å². The largest absolute Gasteiger partial charge is 0.485 e. The molecule has 0 aliphatic rings. The molecule has 1 aromatic heterocycles. The third kappa shape index (κ3) is 3.30. The quantitative estimate of drug-likeness (QED) is 0.387. The molecule has 132 valence electrons. The topological polar surface area (TPSA) is 27.1 Å². The number of unbranched alkanes of at least 4 members (excludes halogenated alkanes) is 2. The van der Waals surface area contributed by atoms with E-state index in [9.17, 15) is 0 Å². The van der Waals surface area contributed by atoms with Crippen LogP contribution in [0, 0.1) is 0 Å². The van der Waals surface area contributed by atoms with Crippen molar-refractivity contribution in [2.75, 3.05) is 0 Å². The normalized spacial score (nSPS) is 11.3. The Bertz CT molecular complexity index is 1010. The Morgan fingerprint density at radius 2 is 1.69 bits per heavy atom. The van der Waals surface area contributed by atoms with Gasteiger partial charge in [0.2, 0.25) is 0 Å². The molecule has 0 aliphatic heterocycles. The van der Waals surface area contributed by atoms with E-state index in [0.717, 1.165) is 35.4 Å². The summed E-state index contributed by atoms with van der Waals surface area (Å²) in [7, 11) is 0. The maximum Gasteiger partial charge on any atom is 0.147 e. The van der Waals surface area contributed by atoms with Crippen LogP contribution in [0.2, 0.25) is 0 Å². The second kappa shape index (κ2) is 7.61. The first-order valence-electron chi connectivity index (χ1n) is 9.41. The first-order valence-corrected chi connectivity index (χ1v) is 9.41. The fraction of sp³-hybridized carbons (Fsp3) is 0.261. The smallest absolute Gasteiger partial charge is 0.147 e. The van der Waals surface area contributed by atoms with Crippen LogP contribution in [0.5, 0.6) is 5.75 Å². The van der Waals surface area contributed by atoms with Gasteiger partial charge in [0.15, 0.2) is 0 Å². The van der Waals surface area contributed by atoms with E-state index >= 15 is 0 Å². The number of para-hydroxylation sites is 2. The molecule has 0 saturated carbocycles. The van der Waals surface area contributed by atoms with Crippen LogP contribution in [-0.4, -0.2) is 9.55 Å². The number of imidazole rings is 1. The summed E-state index contributed by atoms with van der Waals surface area (Å²) in [6, 6.07) is 22.9. The van der Waals surface area contributed by atoms with E-state index in [1.54, 1.807) is 0 Å². The molecular formula is C23H24N2O. The first-order chi connectivity index (χ1) is 12.9. The van der Waals surface area contributed by atoms with Crippen molar-refractivity contribution in [1.29, 1.82) is 0 Å². The molecule has 0 bridgehead atoms. The molecule has 3 nitrogen and oxygen atoms in total. The van der Waals surface area contributed by atoms with Crippen LogP contribution in [0.15, 0.2) is 66.7 Å². The van der Waals surface area contributed by atoms with E-state index in [0.29, 0.717) is 6.61 Å². The lowest BCUT2D eigenvalue weighted by molar-refractivity contribution is 0.293. The van der Waals surface area contributed by atoms with Crippen molar-refractivity contribution in [3.63, 3.8) is 0 Å². The number of hydrogen-bond acceptors (Lipinski definition) is 2. The molecule has 0 radical (unpaired) electrons. The Morgan fingerprint density at radius 3 is 2.62 bits per heavy atom. The molecule has 0 fully saturated rings. The van der Waals surface area contributed by atoms with Gasteiger partial charge in [0, 0.05) is 11.9 Å². The van der Waals surface area contributed by atoms with E-state index in [4.69, 9.17) is 9.72 Å². The molecule has 0 atom stereocenters. The minimum atomic E-state index is 0.481. The molecule has 4 rings (SSSR count). The van der Waals surface area contributed by atoms with Gasteiger partial charge in [-0.3, -0.25) is 0 Å². The van der Waals surface area contributed by atoms with Crippen molar-refractivity contribution in [3.05, 3.63) is 72.6 Å². The maximum absolute atomic E-state index is 6.20. The minimum absolute atomic E-state index is 0.481. The highest BCUT2D eigenvalue weighted by atomic mass is 16.5. The Morgan fingerprint density at radius 1 is 0.885 bits per heavy atom. The summed E-state index contributed by atoms with van der Waals surface area (Å²) in [5, 5.41) is 2.34. The number of benzene rings is 3. The lowest BCUT2D eigenvalue weighted by atomic mass is 10.1. The Labute approximate surface area is 154 Å². The Hall–Kier alpha value is -2.81. The van der Waals surface area contributed by atoms with Crippen molar-refractivity contribution in [2.24, 2.45) is 0 Å². The zero-order chi connectivity index (χ0) is 17.8. The SMILES string of the molecule is CCCCCn1c(COc2cccc3ccccc23)nc2ccccc21. The number of ether oxygens (including phenoxy) is 1. The Balaban J connectivity index is 1.63. The second-order valence-corrected chi connectivity index (χ2v) is 6.64. The zero-order valence-electron chi connectivity index (χ0n) is 15.2. The van der Waals surface area contributed by atoms with E-state index in [2.05, 4.69) is 60.0 Å².